The fourth-order valence-corrected chi connectivity index (χ4v) is 1.90. The van der Waals surface area contributed by atoms with E-state index in [4.69, 9.17) is 5.73 Å². The first-order chi connectivity index (χ1) is 6.97. The molecule has 2 aromatic carbocycles. The second-order valence-corrected chi connectivity index (χ2v) is 4.60. The second kappa shape index (κ2) is 4.73. The summed E-state index contributed by atoms with van der Waals surface area (Å²) in [6.07, 6.45) is 0. The van der Waals surface area contributed by atoms with Gasteiger partial charge in [-0.05, 0) is 35.0 Å². The second-order valence-electron chi connectivity index (χ2n) is 3.22. The third-order valence-corrected chi connectivity index (χ3v) is 2.96. The van der Waals surface area contributed by atoms with Crippen LogP contribution in [-0.4, -0.2) is 13.0 Å². The Labute approximate surface area is 115 Å². The molecule has 0 bridgehead atoms. The van der Waals surface area contributed by atoms with Gasteiger partial charge in [-0.3, -0.25) is 0 Å². The van der Waals surface area contributed by atoms with E-state index in [9.17, 15) is 13.0 Å². The molecule has 0 amide bonds. The fourth-order valence-electron chi connectivity index (χ4n) is 1.40. The van der Waals surface area contributed by atoms with Gasteiger partial charge in [-0.2, -0.15) is 0 Å². The van der Waals surface area contributed by atoms with Gasteiger partial charge in [0.1, 0.15) is 10.1 Å². The van der Waals surface area contributed by atoms with Gasteiger partial charge >= 0.3 is 29.6 Å². The van der Waals surface area contributed by atoms with Crippen molar-refractivity contribution in [3.8, 4) is 0 Å². The molecule has 2 aromatic rings. The molecular weight excluding hydrogens is 237 g/mol. The van der Waals surface area contributed by atoms with Gasteiger partial charge in [0, 0.05) is 5.69 Å². The van der Waals surface area contributed by atoms with E-state index < -0.39 is 10.1 Å². The Morgan fingerprint density at radius 3 is 2.19 bits per heavy atom. The van der Waals surface area contributed by atoms with E-state index in [1.807, 2.05) is 0 Å². The molecular formula is C10H8NNaO3S. The Hall–Kier alpha value is -0.590. The van der Waals surface area contributed by atoms with Gasteiger partial charge < -0.3 is 10.3 Å². The summed E-state index contributed by atoms with van der Waals surface area (Å²) in [5.74, 6) is 0. The van der Waals surface area contributed by atoms with Gasteiger partial charge in [-0.1, -0.05) is 12.1 Å². The van der Waals surface area contributed by atoms with Gasteiger partial charge in [0.2, 0.25) is 0 Å². The van der Waals surface area contributed by atoms with E-state index in [1.165, 1.54) is 12.1 Å². The van der Waals surface area contributed by atoms with Crippen molar-refractivity contribution >= 4 is 26.6 Å². The van der Waals surface area contributed by atoms with Crippen LogP contribution in [-0.2, 0) is 10.1 Å². The summed E-state index contributed by atoms with van der Waals surface area (Å²) in [5.41, 5.74) is 6.17. The molecule has 0 fully saturated rings. The molecule has 2 rings (SSSR count). The smallest absolute Gasteiger partial charge is 0.744 e. The van der Waals surface area contributed by atoms with Gasteiger partial charge in [0.25, 0.3) is 0 Å². The van der Waals surface area contributed by atoms with Crippen LogP contribution >= 0.6 is 0 Å². The Morgan fingerprint density at radius 1 is 1.00 bits per heavy atom. The van der Waals surface area contributed by atoms with E-state index in [0.717, 1.165) is 5.39 Å². The molecule has 0 radical (unpaired) electrons. The third-order valence-electron chi connectivity index (χ3n) is 2.12. The average molecular weight is 245 g/mol. The maximum absolute atomic E-state index is 10.8. The topological polar surface area (TPSA) is 83.2 Å². The van der Waals surface area contributed by atoms with E-state index in [-0.39, 0.29) is 34.5 Å². The molecule has 0 atom stereocenters. The summed E-state index contributed by atoms with van der Waals surface area (Å²) >= 11 is 0. The van der Waals surface area contributed by atoms with Crippen LogP contribution < -0.4 is 35.3 Å². The SMILES string of the molecule is Nc1ccc2cc(S(=O)(=O)[O-])ccc2c1.[Na+]. The average Bonchev–Trinajstić information content (AvgIpc) is 2.15. The molecule has 0 spiro atoms. The zero-order valence-electron chi connectivity index (χ0n) is 8.67. The van der Waals surface area contributed by atoms with E-state index in [0.29, 0.717) is 11.1 Å². The minimum Gasteiger partial charge on any atom is -0.744 e. The molecule has 0 unspecified atom stereocenters. The molecule has 0 saturated heterocycles. The van der Waals surface area contributed by atoms with Gasteiger partial charge in [-0.15, -0.1) is 0 Å². The summed E-state index contributed by atoms with van der Waals surface area (Å²) in [6.45, 7) is 0. The van der Waals surface area contributed by atoms with Crippen molar-refractivity contribution in [1.29, 1.82) is 0 Å². The van der Waals surface area contributed by atoms with Crippen LogP contribution in [0.3, 0.4) is 0 Å². The quantitative estimate of drug-likeness (QED) is 0.370. The zero-order valence-corrected chi connectivity index (χ0v) is 11.5. The molecule has 0 heterocycles. The van der Waals surface area contributed by atoms with Crippen molar-refractivity contribution in [2.24, 2.45) is 0 Å². The van der Waals surface area contributed by atoms with E-state index >= 15 is 0 Å². The Balaban J connectivity index is 0.00000128. The molecule has 78 valence electrons. The largest absolute Gasteiger partial charge is 1.00 e. The number of hydrogen-bond acceptors (Lipinski definition) is 4. The molecule has 0 aliphatic rings. The van der Waals surface area contributed by atoms with Gasteiger partial charge in [0.15, 0.2) is 0 Å². The minimum absolute atomic E-state index is 0. The molecule has 0 aliphatic heterocycles. The monoisotopic (exact) mass is 245 g/mol. The first-order valence-electron chi connectivity index (χ1n) is 4.22. The Bertz CT molecular complexity index is 625. The van der Waals surface area contributed by atoms with Crippen LogP contribution in [0, 0.1) is 0 Å². The van der Waals surface area contributed by atoms with Crippen LogP contribution in [0.1, 0.15) is 0 Å². The maximum atomic E-state index is 10.8. The predicted molar refractivity (Wildman–Crippen MR) is 56.3 cm³/mol. The predicted octanol–water partition coefficient (Wildman–Crippen LogP) is -1.67. The van der Waals surface area contributed by atoms with Gasteiger partial charge in [0.05, 0.1) is 4.90 Å². The van der Waals surface area contributed by atoms with Crippen molar-refractivity contribution in [3.63, 3.8) is 0 Å². The summed E-state index contributed by atoms with van der Waals surface area (Å²) in [7, 11) is -4.39. The van der Waals surface area contributed by atoms with Crippen molar-refractivity contribution in [1.82, 2.24) is 0 Å². The fraction of sp³-hybridized carbons (Fsp3) is 0. The Kier molecular flexibility index (Phi) is 3.98. The van der Waals surface area contributed by atoms with Crippen LogP contribution in [0.25, 0.3) is 10.8 Å². The molecule has 2 N–H and O–H groups in total. The van der Waals surface area contributed by atoms with Gasteiger partial charge in [-0.25, -0.2) is 8.42 Å². The summed E-state index contributed by atoms with van der Waals surface area (Å²) in [6, 6.07) is 9.25. The minimum atomic E-state index is -4.39. The first kappa shape index (κ1) is 13.5. The van der Waals surface area contributed by atoms with E-state index in [2.05, 4.69) is 0 Å². The normalized spacial score (nSPS) is 11.1. The standard InChI is InChI=1S/C10H9NO3S.Na/c11-9-3-1-8-6-10(15(12,13)14)4-2-7(8)5-9;/h1-6H,11H2,(H,12,13,14);/q;+1/p-1. The molecule has 16 heavy (non-hydrogen) atoms. The van der Waals surface area contributed by atoms with Crippen molar-refractivity contribution < 1.29 is 42.5 Å². The van der Waals surface area contributed by atoms with E-state index in [1.54, 1.807) is 24.3 Å². The summed E-state index contributed by atoms with van der Waals surface area (Å²) in [4.78, 5) is -0.222. The van der Waals surface area contributed by atoms with Crippen molar-refractivity contribution in [2.75, 3.05) is 5.73 Å². The number of fused-ring (bicyclic) bond motifs is 1. The van der Waals surface area contributed by atoms with Crippen LogP contribution in [0.4, 0.5) is 5.69 Å². The maximum Gasteiger partial charge on any atom is 1.00 e. The van der Waals surface area contributed by atoms with Crippen LogP contribution in [0.15, 0.2) is 41.3 Å². The Morgan fingerprint density at radius 2 is 1.56 bits per heavy atom. The first-order valence-corrected chi connectivity index (χ1v) is 5.63. The van der Waals surface area contributed by atoms with Crippen LogP contribution in [0.2, 0.25) is 0 Å². The number of nitrogens with two attached hydrogens (primary N) is 1. The number of rotatable bonds is 1. The number of hydrogen-bond donors (Lipinski definition) is 1. The van der Waals surface area contributed by atoms with Crippen molar-refractivity contribution in [3.05, 3.63) is 36.4 Å². The summed E-state index contributed by atoms with van der Waals surface area (Å²) < 4.78 is 32.3. The van der Waals surface area contributed by atoms with Crippen molar-refractivity contribution in [2.45, 2.75) is 4.90 Å². The number of anilines is 1. The number of benzene rings is 2. The molecule has 0 aromatic heterocycles. The van der Waals surface area contributed by atoms with Crippen LogP contribution in [0.5, 0.6) is 0 Å². The molecule has 0 saturated carbocycles. The number of nitrogen functional groups attached to an aromatic ring is 1. The molecule has 0 aliphatic carbocycles. The summed E-state index contributed by atoms with van der Waals surface area (Å²) in [5, 5.41) is 1.49. The zero-order chi connectivity index (χ0) is 11.1. The molecule has 4 nitrogen and oxygen atoms in total. The third kappa shape index (κ3) is 2.75. The molecule has 6 heteroatoms.